The van der Waals surface area contributed by atoms with Crippen LogP contribution in [-0.2, 0) is 11.2 Å². The van der Waals surface area contributed by atoms with Gasteiger partial charge < -0.3 is 10.2 Å². The molecule has 1 aliphatic heterocycles. The van der Waals surface area contributed by atoms with Gasteiger partial charge in [0.25, 0.3) is 5.91 Å². The quantitative estimate of drug-likeness (QED) is 0.901. The van der Waals surface area contributed by atoms with Gasteiger partial charge in [0.15, 0.2) is 0 Å². The number of aromatic nitrogens is 1. The van der Waals surface area contributed by atoms with Gasteiger partial charge in [-0.15, -0.1) is 0 Å². The number of piperidine rings is 1. The van der Waals surface area contributed by atoms with Crippen molar-refractivity contribution in [2.45, 2.75) is 26.2 Å². The molecule has 2 amide bonds. The standard InChI is InChI=1S/C21H25N3O2/c1-16-4-2-5-18(12-16)13-20(25)24-10-7-17(8-11-24)14-23-21(26)19-6-3-9-22-15-19/h2-6,9,12,15,17H,7-8,10-11,13-14H2,1H3,(H,23,26). The lowest BCUT2D eigenvalue weighted by atomic mass is 9.96. The SMILES string of the molecule is Cc1cccc(CC(=O)N2CCC(CNC(=O)c3cccnc3)CC2)c1. The summed E-state index contributed by atoms with van der Waals surface area (Å²) in [6.07, 6.45) is 5.53. The Morgan fingerprint density at radius 3 is 2.69 bits per heavy atom. The summed E-state index contributed by atoms with van der Waals surface area (Å²) in [7, 11) is 0. The number of nitrogens with one attached hydrogen (secondary N) is 1. The van der Waals surface area contributed by atoms with Crippen LogP contribution in [0.1, 0.15) is 34.3 Å². The molecule has 2 aromatic rings. The molecule has 1 N–H and O–H groups in total. The van der Waals surface area contributed by atoms with Crippen molar-refractivity contribution in [3.8, 4) is 0 Å². The summed E-state index contributed by atoms with van der Waals surface area (Å²) >= 11 is 0. The Bertz CT molecular complexity index is 753. The zero-order valence-electron chi connectivity index (χ0n) is 15.1. The molecule has 0 atom stereocenters. The second-order valence-electron chi connectivity index (χ2n) is 6.94. The minimum absolute atomic E-state index is 0.0870. The Kier molecular flexibility index (Phi) is 6.00. The van der Waals surface area contributed by atoms with Gasteiger partial charge >= 0.3 is 0 Å². The number of carbonyl (C=O) groups excluding carboxylic acids is 2. The van der Waals surface area contributed by atoms with Crippen LogP contribution in [-0.4, -0.2) is 41.3 Å². The van der Waals surface area contributed by atoms with E-state index in [-0.39, 0.29) is 11.8 Å². The molecule has 0 radical (unpaired) electrons. The van der Waals surface area contributed by atoms with E-state index in [1.807, 2.05) is 30.0 Å². The van der Waals surface area contributed by atoms with E-state index in [1.165, 1.54) is 5.56 Å². The summed E-state index contributed by atoms with van der Waals surface area (Å²) in [5.41, 5.74) is 2.83. The maximum Gasteiger partial charge on any atom is 0.252 e. The van der Waals surface area contributed by atoms with Gasteiger partial charge in [-0.3, -0.25) is 14.6 Å². The van der Waals surface area contributed by atoms with E-state index < -0.39 is 0 Å². The molecule has 1 aromatic heterocycles. The highest BCUT2D eigenvalue weighted by Crippen LogP contribution is 2.18. The molecule has 136 valence electrons. The first-order valence-electron chi connectivity index (χ1n) is 9.13. The third-order valence-electron chi connectivity index (χ3n) is 4.88. The van der Waals surface area contributed by atoms with Crippen molar-refractivity contribution in [2.75, 3.05) is 19.6 Å². The number of benzene rings is 1. The summed E-state index contributed by atoms with van der Waals surface area (Å²) in [5, 5.41) is 2.98. The molecular formula is C21H25N3O2. The maximum atomic E-state index is 12.5. The number of carbonyl (C=O) groups is 2. The summed E-state index contributed by atoms with van der Waals surface area (Å²) in [5.74, 6) is 0.517. The Morgan fingerprint density at radius 1 is 1.19 bits per heavy atom. The van der Waals surface area contributed by atoms with Crippen molar-refractivity contribution >= 4 is 11.8 Å². The normalized spacial score (nSPS) is 14.9. The van der Waals surface area contributed by atoms with E-state index >= 15 is 0 Å². The van der Waals surface area contributed by atoms with E-state index in [0.717, 1.165) is 31.5 Å². The zero-order valence-corrected chi connectivity index (χ0v) is 15.1. The van der Waals surface area contributed by atoms with Gasteiger partial charge in [0.2, 0.25) is 5.91 Å². The Labute approximate surface area is 154 Å². The molecule has 0 spiro atoms. The molecule has 26 heavy (non-hydrogen) atoms. The fourth-order valence-corrected chi connectivity index (χ4v) is 3.33. The first kappa shape index (κ1) is 18.1. The van der Waals surface area contributed by atoms with Crippen LogP contribution >= 0.6 is 0 Å². The van der Waals surface area contributed by atoms with Crippen LogP contribution in [0.25, 0.3) is 0 Å². The first-order chi connectivity index (χ1) is 12.6. The first-order valence-corrected chi connectivity index (χ1v) is 9.13. The lowest BCUT2D eigenvalue weighted by Gasteiger charge is -2.32. The van der Waals surface area contributed by atoms with Crippen LogP contribution in [0.15, 0.2) is 48.8 Å². The number of rotatable bonds is 5. The summed E-state index contributed by atoms with van der Waals surface area (Å²) in [6, 6.07) is 11.6. The smallest absolute Gasteiger partial charge is 0.252 e. The van der Waals surface area contributed by atoms with E-state index in [0.29, 0.717) is 24.4 Å². The number of pyridine rings is 1. The largest absolute Gasteiger partial charge is 0.352 e. The van der Waals surface area contributed by atoms with Crippen molar-refractivity contribution in [3.05, 3.63) is 65.5 Å². The molecule has 0 saturated carbocycles. The average molecular weight is 351 g/mol. The molecule has 2 heterocycles. The Balaban J connectivity index is 1.42. The highest BCUT2D eigenvalue weighted by molar-refractivity contribution is 5.93. The van der Waals surface area contributed by atoms with E-state index in [9.17, 15) is 9.59 Å². The molecule has 0 bridgehead atoms. The third-order valence-corrected chi connectivity index (χ3v) is 4.88. The molecule has 1 fully saturated rings. The number of nitrogens with zero attached hydrogens (tertiary/aromatic N) is 2. The van der Waals surface area contributed by atoms with E-state index in [4.69, 9.17) is 0 Å². The average Bonchev–Trinajstić information content (AvgIpc) is 2.67. The van der Waals surface area contributed by atoms with Crippen LogP contribution in [0.5, 0.6) is 0 Å². The fourth-order valence-electron chi connectivity index (χ4n) is 3.33. The molecule has 1 aromatic carbocycles. The minimum atomic E-state index is -0.0870. The summed E-state index contributed by atoms with van der Waals surface area (Å²) in [4.78, 5) is 30.5. The van der Waals surface area contributed by atoms with Gasteiger partial charge in [-0.1, -0.05) is 29.8 Å². The van der Waals surface area contributed by atoms with Gasteiger partial charge in [-0.25, -0.2) is 0 Å². The second kappa shape index (κ2) is 8.61. The Hall–Kier alpha value is -2.69. The molecule has 0 unspecified atom stereocenters. The number of hydrogen-bond donors (Lipinski definition) is 1. The molecule has 5 nitrogen and oxygen atoms in total. The van der Waals surface area contributed by atoms with Crippen molar-refractivity contribution in [2.24, 2.45) is 5.92 Å². The van der Waals surface area contributed by atoms with Gasteiger partial charge in [0.05, 0.1) is 12.0 Å². The molecule has 1 aliphatic rings. The molecular weight excluding hydrogens is 326 g/mol. The number of amides is 2. The van der Waals surface area contributed by atoms with Crippen LogP contribution in [0.3, 0.4) is 0 Å². The third kappa shape index (κ3) is 4.91. The minimum Gasteiger partial charge on any atom is -0.352 e. The molecule has 5 heteroatoms. The van der Waals surface area contributed by atoms with Crippen molar-refractivity contribution in [3.63, 3.8) is 0 Å². The van der Waals surface area contributed by atoms with Gasteiger partial charge in [0.1, 0.15) is 0 Å². The predicted octanol–water partition coefficient (Wildman–Crippen LogP) is 2.60. The molecule has 0 aliphatic carbocycles. The van der Waals surface area contributed by atoms with Gasteiger partial charge in [0, 0.05) is 32.0 Å². The van der Waals surface area contributed by atoms with Crippen LogP contribution in [0, 0.1) is 12.8 Å². The van der Waals surface area contributed by atoms with E-state index in [2.05, 4.69) is 16.4 Å². The highest BCUT2D eigenvalue weighted by Gasteiger charge is 2.23. The maximum absolute atomic E-state index is 12.5. The lowest BCUT2D eigenvalue weighted by molar-refractivity contribution is -0.131. The monoisotopic (exact) mass is 351 g/mol. The number of hydrogen-bond acceptors (Lipinski definition) is 3. The van der Waals surface area contributed by atoms with Crippen LogP contribution < -0.4 is 5.32 Å². The lowest BCUT2D eigenvalue weighted by Crippen LogP contribution is -2.42. The van der Waals surface area contributed by atoms with Crippen molar-refractivity contribution in [1.82, 2.24) is 15.2 Å². The fraction of sp³-hybridized carbons (Fsp3) is 0.381. The van der Waals surface area contributed by atoms with Crippen molar-refractivity contribution < 1.29 is 9.59 Å². The second-order valence-corrected chi connectivity index (χ2v) is 6.94. The molecule has 3 rings (SSSR count). The molecule has 1 saturated heterocycles. The van der Waals surface area contributed by atoms with Crippen LogP contribution in [0.2, 0.25) is 0 Å². The van der Waals surface area contributed by atoms with Gasteiger partial charge in [-0.2, -0.15) is 0 Å². The Morgan fingerprint density at radius 2 is 2.00 bits per heavy atom. The number of aryl methyl sites for hydroxylation is 1. The zero-order chi connectivity index (χ0) is 18.4. The predicted molar refractivity (Wildman–Crippen MR) is 101 cm³/mol. The topological polar surface area (TPSA) is 62.3 Å². The van der Waals surface area contributed by atoms with E-state index in [1.54, 1.807) is 24.5 Å². The summed E-state index contributed by atoms with van der Waals surface area (Å²) in [6.45, 7) is 4.21. The van der Waals surface area contributed by atoms with Crippen molar-refractivity contribution in [1.29, 1.82) is 0 Å². The summed E-state index contributed by atoms with van der Waals surface area (Å²) < 4.78 is 0. The highest BCUT2D eigenvalue weighted by atomic mass is 16.2. The number of likely N-dealkylation sites (tertiary alicyclic amines) is 1. The van der Waals surface area contributed by atoms with Crippen LogP contribution in [0.4, 0.5) is 0 Å². The van der Waals surface area contributed by atoms with Gasteiger partial charge in [-0.05, 0) is 43.4 Å².